The molecular weight excluding hydrogens is 250 g/mol. The molecule has 0 saturated heterocycles. The summed E-state index contributed by atoms with van der Waals surface area (Å²) >= 11 is 1.62. The van der Waals surface area contributed by atoms with E-state index in [1.165, 1.54) is 12.1 Å². The molecule has 1 aromatic rings. The number of hydrogen-bond donors (Lipinski definition) is 2. The molecule has 1 unspecified atom stereocenters. The Morgan fingerprint density at radius 1 is 1.44 bits per heavy atom. The number of aromatic carboxylic acids is 1. The first-order chi connectivity index (χ1) is 8.43. The van der Waals surface area contributed by atoms with Crippen molar-refractivity contribution in [2.45, 2.75) is 25.5 Å². The average molecular weight is 267 g/mol. The van der Waals surface area contributed by atoms with Crippen molar-refractivity contribution >= 4 is 29.3 Å². The van der Waals surface area contributed by atoms with E-state index >= 15 is 0 Å². The smallest absolute Gasteiger partial charge is 0.335 e. The first-order valence-corrected chi connectivity index (χ1v) is 6.89. The minimum Gasteiger partial charge on any atom is -0.478 e. The molecule has 4 nitrogen and oxygen atoms in total. The first-order valence-electron chi connectivity index (χ1n) is 5.60. The summed E-state index contributed by atoms with van der Waals surface area (Å²) in [7, 11) is 0. The minimum atomic E-state index is -0.997. The van der Waals surface area contributed by atoms with Gasteiger partial charge in [0, 0.05) is 17.4 Å². The molecular formula is C13H17NO3S. The summed E-state index contributed by atoms with van der Waals surface area (Å²) in [6.45, 7) is 3.81. The van der Waals surface area contributed by atoms with Crippen LogP contribution in [-0.2, 0) is 4.79 Å². The molecule has 0 heterocycles. The molecule has 0 aliphatic carbocycles. The molecule has 0 aliphatic rings. The SMILES string of the molecule is CSC(C)CC(=O)Nc1cc(C(=O)O)ccc1C. The van der Waals surface area contributed by atoms with Crippen molar-refractivity contribution in [3.8, 4) is 0 Å². The van der Waals surface area contributed by atoms with Gasteiger partial charge in [-0.15, -0.1) is 0 Å². The Labute approximate surface area is 111 Å². The van der Waals surface area contributed by atoms with Crippen molar-refractivity contribution in [2.75, 3.05) is 11.6 Å². The van der Waals surface area contributed by atoms with Crippen molar-refractivity contribution in [1.29, 1.82) is 0 Å². The van der Waals surface area contributed by atoms with Crippen molar-refractivity contribution in [1.82, 2.24) is 0 Å². The van der Waals surface area contributed by atoms with Gasteiger partial charge in [-0.05, 0) is 30.9 Å². The van der Waals surface area contributed by atoms with Crippen LogP contribution < -0.4 is 5.32 Å². The predicted octanol–water partition coefficient (Wildman–Crippen LogP) is 2.77. The quantitative estimate of drug-likeness (QED) is 0.861. The molecule has 0 radical (unpaired) electrons. The second kappa shape index (κ2) is 6.44. The molecule has 1 aromatic carbocycles. The lowest BCUT2D eigenvalue weighted by atomic mass is 10.1. The van der Waals surface area contributed by atoms with E-state index in [1.54, 1.807) is 17.8 Å². The standard InChI is InChI=1S/C13H17NO3S/c1-8-4-5-10(13(16)17)7-11(8)14-12(15)6-9(2)18-3/h4-5,7,9H,6H2,1-3H3,(H,14,15)(H,16,17). The molecule has 0 spiro atoms. The molecule has 2 N–H and O–H groups in total. The number of carbonyl (C=O) groups is 2. The molecule has 0 bridgehead atoms. The van der Waals surface area contributed by atoms with E-state index < -0.39 is 5.97 Å². The van der Waals surface area contributed by atoms with Crippen molar-refractivity contribution in [2.24, 2.45) is 0 Å². The topological polar surface area (TPSA) is 66.4 Å². The zero-order valence-corrected chi connectivity index (χ0v) is 11.5. The third-order valence-corrected chi connectivity index (χ3v) is 3.61. The fourth-order valence-electron chi connectivity index (χ4n) is 1.44. The fourth-order valence-corrected chi connectivity index (χ4v) is 1.75. The van der Waals surface area contributed by atoms with Gasteiger partial charge in [0.25, 0.3) is 0 Å². The monoisotopic (exact) mass is 267 g/mol. The lowest BCUT2D eigenvalue weighted by Gasteiger charge is -2.11. The summed E-state index contributed by atoms with van der Waals surface area (Å²) in [5.41, 5.74) is 1.59. The van der Waals surface area contributed by atoms with Crippen molar-refractivity contribution < 1.29 is 14.7 Å². The number of rotatable bonds is 5. The summed E-state index contributed by atoms with van der Waals surface area (Å²) in [6, 6.07) is 4.70. The summed E-state index contributed by atoms with van der Waals surface area (Å²) in [6.07, 6.45) is 2.37. The summed E-state index contributed by atoms with van der Waals surface area (Å²) in [4.78, 5) is 22.6. The molecule has 0 saturated carbocycles. The number of hydrogen-bond acceptors (Lipinski definition) is 3. The highest BCUT2D eigenvalue weighted by Gasteiger charge is 2.11. The number of carboxylic acids is 1. The number of nitrogens with one attached hydrogen (secondary N) is 1. The maximum Gasteiger partial charge on any atom is 0.335 e. The van der Waals surface area contributed by atoms with E-state index in [0.717, 1.165) is 5.56 Å². The molecule has 1 rings (SSSR count). The number of benzene rings is 1. The van der Waals surface area contributed by atoms with Gasteiger partial charge in [-0.1, -0.05) is 13.0 Å². The summed E-state index contributed by atoms with van der Waals surface area (Å²) in [5.74, 6) is -1.09. The lowest BCUT2D eigenvalue weighted by molar-refractivity contribution is -0.116. The molecule has 0 fully saturated rings. The Morgan fingerprint density at radius 3 is 2.67 bits per heavy atom. The van der Waals surface area contributed by atoms with Crippen LogP contribution >= 0.6 is 11.8 Å². The van der Waals surface area contributed by atoms with E-state index in [4.69, 9.17) is 5.11 Å². The van der Waals surface area contributed by atoms with Gasteiger partial charge < -0.3 is 10.4 Å². The highest BCUT2D eigenvalue weighted by atomic mass is 32.2. The number of amides is 1. The number of aryl methyl sites for hydroxylation is 1. The Hall–Kier alpha value is -1.49. The van der Waals surface area contributed by atoms with E-state index in [-0.39, 0.29) is 16.7 Å². The molecule has 18 heavy (non-hydrogen) atoms. The van der Waals surface area contributed by atoms with Crippen LogP contribution in [0.15, 0.2) is 18.2 Å². The summed E-state index contributed by atoms with van der Waals surface area (Å²) < 4.78 is 0. The largest absolute Gasteiger partial charge is 0.478 e. The zero-order chi connectivity index (χ0) is 13.7. The van der Waals surface area contributed by atoms with E-state index in [1.807, 2.05) is 20.1 Å². The highest BCUT2D eigenvalue weighted by Crippen LogP contribution is 2.18. The van der Waals surface area contributed by atoms with Gasteiger partial charge in [0.2, 0.25) is 5.91 Å². The van der Waals surface area contributed by atoms with E-state index in [2.05, 4.69) is 5.32 Å². The van der Waals surface area contributed by atoms with Crippen LogP contribution in [0.3, 0.4) is 0 Å². The normalized spacial score (nSPS) is 11.9. The van der Waals surface area contributed by atoms with Crippen LogP contribution in [0.4, 0.5) is 5.69 Å². The molecule has 0 aliphatic heterocycles. The van der Waals surface area contributed by atoms with Crippen LogP contribution in [-0.4, -0.2) is 28.5 Å². The van der Waals surface area contributed by atoms with Gasteiger partial charge in [-0.2, -0.15) is 11.8 Å². The van der Waals surface area contributed by atoms with E-state index in [9.17, 15) is 9.59 Å². The summed E-state index contributed by atoms with van der Waals surface area (Å²) in [5, 5.41) is 11.9. The second-order valence-corrected chi connectivity index (χ2v) is 5.41. The van der Waals surface area contributed by atoms with Gasteiger partial charge >= 0.3 is 5.97 Å². The molecule has 98 valence electrons. The van der Waals surface area contributed by atoms with Crippen LogP contribution in [0, 0.1) is 6.92 Å². The Balaban J connectivity index is 2.80. The molecule has 5 heteroatoms. The van der Waals surface area contributed by atoms with E-state index in [0.29, 0.717) is 12.1 Å². The predicted molar refractivity (Wildman–Crippen MR) is 74.4 cm³/mol. The van der Waals surface area contributed by atoms with Gasteiger partial charge in [0.15, 0.2) is 0 Å². The number of carboxylic acid groups (broad SMARTS) is 1. The maximum absolute atomic E-state index is 11.7. The number of anilines is 1. The van der Waals surface area contributed by atoms with Gasteiger partial charge in [0.1, 0.15) is 0 Å². The third-order valence-electron chi connectivity index (χ3n) is 2.63. The van der Waals surface area contributed by atoms with Crippen molar-refractivity contribution in [3.05, 3.63) is 29.3 Å². The molecule has 1 amide bonds. The second-order valence-electron chi connectivity index (χ2n) is 4.13. The number of thioether (sulfide) groups is 1. The van der Waals surface area contributed by atoms with Gasteiger partial charge in [0.05, 0.1) is 5.56 Å². The van der Waals surface area contributed by atoms with Gasteiger partial charge in [-0.25, -0.2) is 4.79 Å². The molecule has 0 aromatic heterocycles. The van der Waals surface area contributed by atoms with Crippen LogP contribution in [0.5, 0.6) is 0 Å². The highest BCUT2D eigenvalue weighted by molar-refractivity contribution is 7.99. The van der Waals surface area contributed by atoms with Crippen LogP contribution in [0.1, 0.15) is 29.3 Å². The zero-order valence-electron chi connectivity index (χ0n) is 10.7. The maximum atomic E-state index is 11.7. The van der Waals surface area contributed by atoms with Crippen LogP contribution in [0.25, 0.3) is 0 Å². The minimum absolute atomic E-state index is 0.0949. The Morgan fingerprint density at radius 2 is 2.11 bits per heavy atom. The first kappa shape index (κ1) is 14.6. The van der Waals surface area contributed by atoms with Gasteiger partial charge in [-0.3, -0.25) is 4.79 Å². The van der Waals surface area contributed by atoms with Crippen LogP contribution in [0.2, 0.25) is 0 Å². The molecule has 1 atom stereocenters. The Bertz CT molecular complexity index is 460. The Kier molecular flexibility index (Phi) is 5.22. The fraction of sp³-hybridized carbons (Fsp3) is 0.385. The van der Waals surface area contributed by atoms with Crippen molar-refractivity contribution in [3.63, 3.8) is 0 Å². The lowest BCUT2D eigenvalue weighted by Crippen LogP contribution is -2.17. The number of carbonyl (C=O) groups excluding carboxylic acids is 1. The average Bonchev–Trinajstić information content (AvgIpc) is 2.31. The third kappa shape index (κ3) is 4.07.